The molecule has 1 aromatic rings. The zero-order chi connectivity index (χ0) is 14.3. The van der Waals surface area contributed by atoms with E-state index in [1.807, 2.05) is 31.2 Å². The van der Waals surface area contributed by atoms with Crippen LogP contribution in [0.25, 0.3) is 0 Å². The molecule has 4 heteroatoms. The van der Waals surface area contributed by atoms with Crippen molar-refractivity contribution in [2.24, 2.45) is 10.4 Å². The molecular formula is C16H18BrNO2. The van der Waals surface area contributed by atoms with Crippen molar-refractivity contribution in [2.75, 3.05) is 0 Å². The van der Waals surface area contributed by atoms with Gasteiger partial charge < -0.3 is 5.11 Å². The molecule has 20 heavy (non-hydrogen) atoms. The van der Waals surface area contributed by atoms with Gasteiger partial charge in [-0.25, -0.2) is 0 Å². The number of Topliss-reactive ketones (excluding diaryl/α,β-unsaturated/α-hetero) is 1. The van der Waals surface area contributed by atoms with Crippen molar-refractivity contribution in [3.8, 4) is 0 Å². The Labute approximate surface area is 127 Å². The maximum absolute atomic E-state index is 12.6. The van der Waals surface area contributed by atoms with Gasteiger partial charge in [-0.05, 0) is 37.8 Å². The average molecular weight is 336 g/mol. The summed E-state index contributed by atoms with van der Waals surface area (Å²) in [4.78, 5) is 17.4. The lowest BCUT2D eigenvalue weighted by Crippen LogP contribution is -2.50. The number of aliphatic hydroxyl groups excluding tert-OH is 1. The Kier molecular flexibility index (Phi) is 3.55. The Morgan fingerprint density at radius 3 is 2.85 bits per heavy atom. The zero-order valence-electron chi connectivity index (χ0n) is 11.5. The minimum atomic E-state index is -1.04. The lowest BCUT2D eigenvalue weighted by atomic mass is 9.66. The van der Waals surface area contributed by atoms with Crippen molar-refractivity contribution in [1.82, 2.24) is 0 Å². The molecule has 3 atom stereocenters. The van der Waals surface area contributed by atoms with Gasteiger partial charge in [0.05, 0.1) is 5.41 Å². The summed E-state index contributed by atoms with van der Waals surface area (Å²) in [5, 5.41) is 10.4. The molecule has 0 amide bonds. The lowest BCUT2D eigenvalue weighted by molar-refractivity contribution is -0.136. The summed E-state index contributed by atoms with van der Waals surface area (Å²) in [7, 11) is 0. The van der Waals surface area contributed by atoms with Crippen molar-refractivity contribution in [3.05, 3.63) is 34.3 Å². The van der Waals surface area contributed by atoms with Crippen molar-refractivity contribution in [1.29, 1.82) is 0 Å². The molecule has 0 spiro atoms. The smallest absolute Gasteiger partial charge is 0.175 e. The van der Waals surface area contributed by atoms with Crippen LogP contribution in [0, 0.1) is 5.41 Å². The second-order valence-electron chi connectivity index (χ2n) is 5.89. The van der Waals surface area contributed by atoms with Crippen molar-refractivity contribution >= 4 is 27.4 Å². The first-order valence-electron chi connectivity index (χ1n) is 7.08. The zero-order valence-corrected chi connectivity index (χ0v) is 13.1. The standard InChI is InChI=1S/C16H18BrNO2/c1-16-9-5-4-8-12(16)18-13(14(19)15(16)20)10-6-2-3-7-11(10)17/h2-3,6-7,13-14,19H,4-5,8-9H2,1H3/t13-,14-,16+/m0/s1. The molecule has 0 aromatic heterocycles. The van der Waals surface area contributed by atoms with Crippen LogP contribution in [0.1, 0.15) is 44.2 Å². The maximum Gasteiger partial charge on any atom is 0.175 e. The Morgan fingerprint density at radius 2 is 2.10 bits per heavy atom. The molecule has 0 saturated heterocycles. The van der Waals surface area contributed by atoms with Crippen LogP contribution in [0.3, 0.4) is 0 Å². The largest absolute Gasteiger partial charge is 0.383 e. The van der Waals surface area contributed by atoms with Gasteiger partial charge in [-0.2, -0.15) is 0 Å². The van der Waals surface area contributed by atoms with Crippen LogP contribution in [-0.2, 0) is 4.79 Å². The maximum atomic E-state index is 12.6. The van der Waals surface area contributed by atoms with Crippen LogP contribution in [0.5, 0.6) is 0 Å². The Bertz CT molecular complexity index is 584. The fourth-order valence-corrected chi connectivity index (χ4v) is 3.85. The van der Waals surface area contributed by atoms with Gasteiger partial charge in [0, 0.05) is 10.2 Å². The molecule has 1 heterocycles. The Hall–Kier alpha value is -1.00. The molecule has 1 N–H and O–H groups in total. The first kappa shape index (κ1) is 14.0. The van der Waals surface area contributed by atoms with Gasteiger partial charge in [0.1, 0.15) is 12.1 Å². The van der Waals surface area contributed by atoms with E-state index in [0.29, 0.717) is 0 Å². The van der Waals surface area contributed by atoms with Gasteiger partial charge in [0.25, 0.3) is 0 Å². The molecule has 1 fully saturated rings. The highest BCUT2D eigenvalue weighted by molar-refractivity contribution is 9.10. The molecule has 0 unspecified atom stereocenters. The van der Waals surface area contributed by atoms with E-state index in [0.717, 1.165) is 41.4 Å². The van der Waals surface area contributed by atoms with E-state index < -0.39 is 17.6 Å². The fraction of sp³-hybridized carbons (Fsp3) is 0.500. The summed E-state index contributed by atoms with van der Waals surface area (Å²) < 4.78 is 0.889. The van der Waals surface area contributed by atoms with Crippen LogP contribution >= 0.6 is 15.9 Å². The molecule has 2 aliphatic rings. The number of rotatable bonds is 1. The minimum Gasteiger partial charge on any atom is -0.383 e. The van der Waals surface area contributed by atoms with Crippen molar-refractivity contribution in [3.63, 3.8) is 0 Å². The summed E-state index contributed by atoms with van der Waals surface area (Å²) >= 11 is 3.49. The third-order valence-corrected chi connectivity index (χ3v) is 5.33. The van der Waals surface area contributed by atoms with E-state index in [1.54, 1.807) is 0 Å². The van der Waals surface area contributed by atoms with Crippen molar-refractivity contribution < 1.29 is 9.90 Å². The third-order valence-electron chi connectivity index (χ3n) is 4.61. The third kappa shape index (κ3) is 2.06. The number of nitrogens with zero attached hydrogens (tertiary/aromatic N) is 1. The second-order valence-corrected chi connectivity index (χ2v) is 6.74. The topological polar surface area (TPSA) is 49.7 Å². The number of fused-ring (bicyclic) bond motifs is 1. The SMILES string of the molecule is C[C@@]12CCCCC1=N[C@@H](c1ccccc1Br)[C@H](O)C2=O. The van der Waals surface area contributed by atoms with E-state index in [1.165, 1.54) is 0 Å². The van der Waals surface area contributed by atoms with E-state index in [2.05, 4.69) is 15.9 Å². The second kappa shape index (κ2) is 5.08. The summed E-state index contributed by atoms with van der Waals surface area (Å²) in [6.45, 7) is 1.94. The summed E-state index contributed by atoms with van der Waals surface area (Å²) in [6.07, 6.45) is 2.76. The molecule has 1 aliphatic heterocycles. The van der Waals surface area contributed by atoms with E-state index in [-0.39, 0.29) is 5.78 Å². The Balaban J connectivity index is 2.08. The van der Waals surface area contributed by atoms with Crippen molar-refractivity contribution in [2.45, 2.75) is 44.8 Å². The number of hydrogen-bond acceptors (Lipinski definition) is 3. The van der Waals surface area contributed by atoms with Crippen LogP contribution in [-0.4, -0.2) is 22.7 Å². The van der Waals surface area contributed by atoms with Gasteiger partial charge in [0.15, 0.2) is 5.78 Å². The number of ketones is 1. The molecule has 3 rings (SSSR count). The van der Waals surface area contributed by atoms with Crippen LogP contribution in [0.4, 0.5) is 0 Å². The van der Waals surface area contributed by atoms with E-state index >= 15 is 0 Å². The van der Waals surface area contributed by atoms with Gasteiger partial charge >= 0.3 is 0 Å². The highest BCUT2D eigenvalue weighted by Crippen LogP contribution is 2.43. The van der Waals surface area contributed by atoms with Gasteiger partial charge in [-0.15, -0.1) is 0 Å². The molecule has 0 bridgehead atoms. The van der Waals surface area contributed by atoms with Crippen LogP contribution in [0.15, 0.2) is 33.7 Å². The van der Waals surface area contributed by atoms with Gasteiger partial charge in [-0.1, -0.05) is 40.5 Å². The number of aliphatic imine (C=N–C) groups is 1. The molecule has 0 radical (unpaired) electrons. The number of hydrogen-bond donors (Lipinski definition) is 1. The van der Waals surface area contributed by atoms with Crippen LogP contribution in [0.2, 0.25) is 0 Å². The fourth-order valence-electron chi connectivity index (χ4n) is 3.33. The summed E-state index contributed by atoms with van der Waals surface area (Å²) in [6, 6.07) is 7.19. The number of halogens is 1. The Morgan fingerprint density at radius 1 is 1.35 bits per heavy atom. The quantitative estimate of drug-likeness (QED) is 0.854. The molecule has 106 valence electrons. The molecule has 1 saturated carbocycles. The molecule has 1 aliphatic carbocycles. The molecule has 3 nitrogen and oxygen atoms in total. The van der Waals surface area contributed by atoms with Gasteiger partial charge in [-0.3, -0.25) is 9.79 Å². The lowest BCUT2D eigenvalue weighted by Gasteiger charge is -2.41. The van der Waals surface area contributed by atoms with Gasteiger partial charge in [0.2, 0.25) is 0 Å². The normalized spacial score (nSPS) is 33.5. The van der Waals surface area contributed by atoms with Crippen LogP contribution < -0.4 is 0 Å². The summed E-state index contributed by atoms with van der Waals surface area (Å²) in [5.74, 6) is -0.0667. The number of benzene rings is 1. The monoisotopic (exact) mass is 335 g/mol. The van der Waals surface area contributed by atoms with E-state index in [4.69, 9.17) is 4.99 Å². The highest BCUT2D eigenvalue weighted by atomic mass is 79.9. The first-order chi connectivity index (χ1) is 9.54. The minimum absolute atomic E-state index is 0.0667. The average Bonchev–Trinajstić information content (AvgIpc) is 2.45. The summed E-state index contributed by atoms with van der Waals surface area (Å²) in [5.41, 5.74) is 1.31. The molecule has 1 aromatic carbocycles. The number of aliphatic hydroxyl groups is 1. The number of carbonyl (C=O) groups excluding carboxylic acids is 1. The highest BCUT2D eigenvalue weighted by Gasteiger charge is 2.49. The number of carbonyl (C=O) groups is 1. The molecular weight excluding hydrogens is 318 g/mol. The first-order valence-corrected chi connectivity index (χ1v) is 7.87. The van der Waals surface area contributed by atoms with E-state index in [9.17, 15) is 9.90 Å². The predicted molar refractivity (Wildman–Crippen MR) is 81.9 cm³/mol. The predicted octanol–water partition coefficient (Wildman–Crippen LogP) is 3.46.